The Hall–Kier alpha value is -0.560. The van der Waals surface area contributed by atoms with E-state index in [0.29, 0.717) is 5.92 Å². The fourth-order valence-corrected chi connectivity index (χ4v) is 4.46. The summed E-state index contributed by atoms with van der Waals surface area (Å²) in [5.74, 6) is -1.35. The summed E-state index contributed by atoms with van der Waals surface area (Å²) < 4.78 is 36.6. The molecule has 0 aliphatic heterocycles. The maximum atomic E-state index is 13.7. The molecule has 0 bridgehead atoms. The Morgan fingerprint density at radius 1 is 1.43 bits per heavy atom. The number of carbonyl (C=O) groups excluding carboxylic acids is 1. The summed E-state index contributed by atoms with van der Waals surface area (Å²) in [5.41, 5.74) is -0.306. The molecule has 1 N–H and O–H groups in total. The Morgan fingerprint density at radius 2 is 2.05 bits per heavy atom. The minimum atomic E-state index is -4.38. The third-order valence-corrected chi connectivity index (χ3v) is 5.71. The maximum Gasteiger partial charge on any atom is 0.264 e. The van der Waals surface area contributed by atoms with Gasteiger partial charge < -0.3 is 5.32 Å². The molecule has 0 radical (unpaired) electrons. The van der Waals surface area contributed by atoms with Crippen molar-refractivity contribution in [1.82, 2.24) is 5.32 Å². The van der Waals surface area contributed by atoms with E-state index in [9.17, 15) is 17.6 Å². The molecule has 4 nitrogen and oxygen atoms in total. The van der Waals surface area contributed by atoms with Crippen molar-refractivity contribution in [2.24, 2.45) is 5.92 Å². The highest BCUT2D eigenvalue weighted by Gasteiger charge is 2.37. The van der Waals surface area contributed by atoms with Crippen LogP contribution in [-0.2, 0) is 9.05 Å². The first kappa shape index (κ1) is 16.8. The van der Waals surface area contributed by atoms with E-state index in [1.807, 2.05) is 6.92 Å². The summed E-state index contributed by atoms with van der Waals surface area (Å²) in [6.45, 7) is 1.99. The fraction of sp³-hybridized carbons (Fsp3) is 0.417. The number of carbonyl (C=O) groups is 1. The first-order chi connectivity index (χ1) is 9.66. The summed E-state index contributed by atoms with van der Waals surface area (Å²) >= 11 is 11.4. The molecule has 0 spiro atoms. The molecule has 2 unspecified atom stereocenters. The Bertz CT molecular complexity index is 708. The fourth-order valence-electron chi connectivity index (χ4n) is 2.08. The van der Waals surface area contributed by atoms with Gasteiger partial charge in [0.2, 0.25) is 0 Å². The van der Waals surface area contributed by atoms with Crippen molar-refractivity contribution in [1.29, 1.82) is 0 Å². The highest BCUT2D eigenvalue weighted by atomic mass is 35.7. The number of hydrogen-bond donors (Lipinski definition) is 1. The van der Waals surface area contributed by atoms with E-state index in [4.69, 9.17) is 33.9 Å². The van der Waals surface area contributed by atoms with Crippen LogP contribution in [0.4, 0.5) is 4.39 Å². The summed E-state index contributed by atoms with van der Waals surface area (Å²) in [6, 6.07) is 0.794. The summed E-state index contributed by atoms with van der Waals surface area (Å²) in [6.07, 6.45) is 1.74. The summed E-state index contributed by atoms with van der Waals surface area (Å²) in [7, 11) is 0.804. The average molecular weight is 375 g/mol. The zero-order chi connectivity index (χ0) is 15.9. The lowest BCUT2D eigenvalue weighted by Gasteiger charge is -2.11. The van der Waals surface area contributed by atoms with Gasteiger partial charge in [0.05, 0.1) is 15.6 Å². The molecule has 116 valence electrons. The molecule has 9 heteroatoms. The van der Waals surface area contributed by atoms with Crippen molar-refractivity contribution >= 4 is 48.8 Å². The molecule has 1 fully saturated rings. The van der Waals surface area contributed by atoms with Gasteiger partial charge in [-0.3, -0.25) is 4.79 Å². The van der Waals surface area contributed by atoms with Gasteiger partial charge in [0.1, 0.15) is 10.7 Å². The van der Waals surface area contributed by atoms with Crippen molar-refractivity contribution in [2.45, 2.75) is 30.7 Å². The lowest BCUT2D eigenvalue weighted by molar-refractivity contribution is 0.0948. The molecule has 1 saturated carbocycles. The van der Waals surface area contributed by atoms with E-state index >= 15 is 0 Å². The predicted molar refractivity (Wildman–Crippen MR) is 79.1 cm³/mol. The third kappa shape index (κ3) is 3.44. The lowest BCUT2D eigenvalue weighted by atomic mass is 10.2. The molecule has 21 heavy (non-hydrogen) atoms. The standard InChI is InChI=1S/C12H11Cl3FNO3S/c1-2-5-3-8(5)17-12(18)6-4-7(16)10(14)11(9(6)13)21(15,19)20/h4-5,8H,2-3H2,1H3,(H,17,18). The molecule has 2 rings (SSSR count). The molecular weight excluding hydrogens is 364 g/mol. The van der Waals surface area contributed by atoms with Gasteiger partial charge in [-0.2, -0.15) is 0 Å². The number of benzene rings is 1. The van der Waals surface area contributed by atoms with Crippen molar-refractivity contribution in [3.05, 3.63) is 27.5 Å². The molecular formula is C12H11Cl3FNO3S. The molecule has 1 amide bonds. The van der Waals surface area contributed by atoms with Crippen LogP contribution in [0.15, 0.2) is 11.0 Å². The Labute approximate surface area is 136 Å². The average Bonchev–Trinajstić information content (AvgIpc) is 3.10. The maximum absolute atomic E-state index is 13.7. The van der Waals surface area contributed by atoms with Crippen LogP contribution in [0.3, 0.4) is 0 Å². The normalized spacial score (nSPS) is 21.2. The quantitative estimate of drug-likeness (QED) is 0.647. The van der Waals surface area contributed by atoms with Gasteiger partial charge in [-0.15, -0.1) is 0 Å². The van der Waals surface area contributed by atoms with E-state index in [0.717, 1.165) is 18.9 Å². The summed E-state index contributed by atoms with van der Waals surface area (Å²) in [5, 5.41) is 1.45. The van der Waals surface area contributed by atoms with Crippen LogP contribution in [0, 0.1) is 11.7 Å². The molecule has 2 atom stereocenters. The minimum absolute atomic E-state index is 0.00614. The first-order valence-electron chi connectivity index (χ1n) is 6.09. The Kier molecular flexibility index (Phi) is 4.73. The predicted octanol–water partition coefficient (Wildman–Crippen LogP) is 3.59. The molecule has 1 aliphatic carbocycles. The van der Waals surface area contributed by atoms with Crippen molar-refractivity contribution in [3.63, 3.8) is 0 Å². The minimum Gasteiger partial charge on any atom is -0.349 e. The molecule has 0 heterocycles. The van der Waals surface area contributed by atoms with Crippen LogP contribution in [0.2, 0.25) is 10.0 Å². The second-order valence-corrected chi connectivity index (χ2v) is 8.04. The van der Waals surface area contributed by atoms with Crippen LogP contribution >= 0.6 is 33.9 Å². The number of nitrogens with one attached hydrogen (secondary N) is 1. The van der Waals surface area contributed by atoms with E-state index in [1.54, 1.807) is 0 Å². The van der Waals surface area contributed by atoms with Gasteiger partial charge in [-0.05, 0) is 18.4 Å². The molecule has 1 aromatic carbocycles. The van der Waals surface area contributed by atoms with Crippen molar-refractivity contribution in [3.8, 4) is 0 Å². The van der Waals surface area contributed by atoms with E-state index < -0.39 is 35.7 Å². The van der Waals surface area contributed by atoms with E-state index in [1.165, 1.54) is 0 Å². The molecule has 1 aromatic rings. The van der Waals surface area contributed by atoms with Crippen LogP contribution in [-0.4, -0.2) is 20.4 Å². The van der Waals surface area contributed by atoms with Gasteiger partial charge in [-0.1, -0.05) is 36.5 Å². The smallest absolute Gasteiger partial charge is 0.264 e. The SMILES string of the molecule is CCC1CC1NC(=O)c1cc(F)c(Cl)c(S(=O)(=O)Cl)c1Cl. The second kappa shape index (κ2) is 5.91. The monoisotopic (exact) mass is 373 g/mol. The van der Waals surface area contributed by atoms with Gasteiger partial charge in [0.25, 0.3) is 15.0 Å². The van der Waals surface area contributed by atoms with Crippen molar-refractivity contribution in [2.75, 3.05) is 0 Å². The van der Waals surface area contributed by atoms with Gasteiger partial charge in [0.15, 0.2) is 0 Å². The number of amides is 1. The van der Waals surface area contributed by atoms with E-state index in [-0.39, 0.29) is 11.6 Å². The molecule has 0 aromatic heterocycles. The van der Waals surface area contributed by atoms with Crippen LogP contribution in [0.5, 0.6) is 0 Å². The highest BCUT2D eigenvalue weighted by Crippen LogP contribution is 2.37. The second-order valence-electron chi connectivity index (χ2n) is 4.78. The topological polar surface area (TPSA) is 63.2 Å². The van der Waals surface area contributed by atoms with Crippen LogP contribution < -0.4 is 5.32 Å². The number of rotatable bonds is 4. The van der Waals surface area contributed by atoms with E-state index in [2.05, 4.69) is 5.32 Å². The van der Waals surface area contributed by atoms with Crippen LogP contribution in [0.1, 0.15) is 30.1 Å². The van der Waals surface area contributed by atoms with Gasteiger partial charge >= 0.3 is 0 Å². The molecule has 1 aliphatic rings. The Balaban J connectivity index is 2.41. The number of halogens is 4. The van der Waals surface area contributed by atoms with Gasteiger partial charge in [-0.25, -0.2) is 12.8 Å². The largest absolute Gasteiger partial charge is 0.349 e. The lowest BCUT2D eigenvalue weighted by Crippen LogP contribution is -2.27. The zero-order valence-corrected chi connectivity index (χ0v) is 13.9. The summed E-state index contributed by atoms with van der Waals surface area (Å²) in [4.78, 5) is 11.3. The third-order valence-electron chi connectivity index (χ3n) is 3.37. The zero-order valence-electron chi connectivity index (χ0n) is 10.8. The van der Waals surface area contributed by atoms with Crippen molar-refractivity contribution < 1.29 is 17.6 Å². The van der Waals surface area contributed by atoms with Crippen LogP contribution in [0.25, 0.3) is 0 Å². The number of hydrogen-bond acceptors (Lipinski definition) is 3. The molecule has 0 saturated heterocycles. The Morgan fingerprint density at radius 3 is 2.52 bits per heavy atom. The highest BCUT2D eigenvalue weighted by molar-refractivity contribution is 8.14. The van der Waals surface area contributed by atoms with Gasteiger partial charge in [0, 0.05) is 16.7 Å². The first-order valence-corrected chi connectivity index (χ1v) is 9.16.